The Labute approximate surface area is 79.4 Å². The molecule has 2 rings (SSSR count). The molecule has 0 N–H and O–H groups in total. The molecule has 0 radical (unpaired) electrons. The van der Waals surface area contributed by atoms with Gasteiger partial charge in [0.05, 0.1) is 6.10 Å². The summed E-state index contributed by atoms with van der Waals surface area (Å²) in [6, 6.07) is 0. The Kier molecular flexibility index (Phi) is 2.13. The van der Waals surface area contributed by atoms with Crippen LogP contribution in [-0.4, -0.2) is 24.3 Å². The van der Waals surface area contributed by atoms with Crippen molar-refractivity contribution in [2.24, 2.45) is 5.92 Å². The van der Waals surface area contributed by atoms with E-state index in [0.29, 0.717) is 12.0 Å². The molecule has 2 aliphatic rings. The molecule has 0 bridgehead atoms. The van der Waals surface area contributed by atoms with Crippen molar-refractivity contribution in [1.29, 1.82) is 0 Å². The lowest BCUT2D eigenvalue weighted by Gasteiger charge is -2.22. The molecule has 1 unspecified atom stereocenters. The molecule has 0 spiro atoms. The summed E-state index contributed by atoms with van der Waals surface area (Å²) in [5.74, 6) is -0.0285. The van der Waals surface area contributed by atoms with Gasteiger partial charge in [-0.05, 0) is 20.3 Å². The normalized spacial score (nSPS) is 48.0. The lowest BCUT2D eigenvalue weighted by molar-refractivity contribution is -0.209. The fourth-order valence-electron chi connectivity index (χ4n) is 2.19. The van der Waals surface area contributed by atoms with E-state index in [1.54, 1.807) is 0 Å². The van der Waals surface area contributed by atoms with E-state index in [0.717, 1.165) is 6.42 Å². The van der Waals surface area contributed by atoms with Crippen LogP contribution in [0.1, 0.15) is 34.1 Å². The molecule has 2 heterocycles. The van der Waals surface area contributed by atoms with Crippen LogP contribution in [0, 0.1) is 5.92 Å². The maximum atomic E-state index is 5.77. The summed E-state index contributed by atoms with van der Waals surface area (Å²) >= 11 is 0. The van der Waals surface area contributed by atoms with Crippen molar-refractivity contribution in [1.82, 2.24) is 0 Å². The Morgan fingerprint density at radius 2 is 1.92 bits per heavy atom. The average Bonchev–Trinajstić information content (AvgIpc) is 2.47. The van der Waals surface area contributed by atoms with Gasteiger partial charge in [0.2, 0.25) is 0 Å². The fourth-order valence-corrected chi connectivity index (χ4v) is 2.19. The van der Waals surface area contributed by atoms with Crippen LogP contribution < -0.4 is 0 Å². The van der Waals surface area contributed by atoms with E-state index >= 15 is 0 Å². The standard InChI is InChI=1S/C10H18O3/c1-5-7-6(2)8-9(11-7)13-10(3,4)12-8/h6-9H,5H2,1-4H3/t6?,7-,8+,9-/m1/s1. The molecule has 2 fully saturated rings. The Bertz CT molecular complexity index is 202. The molecular weight excluding hydrogens is 168 g/mol. The van der Waals surface area contributed by atoms with Gasteiger partial charge < -0.3 is 14.2 Å². The van der Waals surface area contributed by atoms with Crippen molar-refractivity contribution in [2.75, 3.05) is 0 Å². The van der Waals surface area contributed by atoms with Gasteiger partial charge in [0.1, 0.15) is 6.10 Å². The van der Waals surface area contributed by atoms with Crippen molar-refractivity contribution < 1.29 is 14.2 Å². The molecule has 0 aromatic carbocycles. The van der Waals surface area contributed by atoms with Gasteiger partial charge in [-0.2, -0.15) is 0 Å². The number of ether oxygens (including phenoxy) is 3. The summed E-state index contributed by atoms with van der Waals surface area (Å²) in [4.78, 5) is 0. The molecule has 0 amide bonds. The van der Waals surface area contributed by atoms with E-state index in [-0.39, 0.29) is 12.4 Å². The summed E-state index contributed by atoms with van der Waals surface area (Å²) in [7, 11) is 0. The highest BCUT2D eigenvalue weighted by molar-refractivity contribution is 4.89. The van der Waals surface area contributed by atoms with E-state index < -0.39 is 5.79 Å². The van der Waals surface area contributed by atoms with Crippen molar-refractivity contribution in [2.45, 2.75) is 58.4 Å². The smallest absolute Gasteiger partial charge is 0.187 e. The Hall–Kier alpha value is -0.120. The van der Waals surface area contributed by atoms with Crippen molar-refractivity contribution in [3.05, 3.63) is 0 Å². The maximum absolute atomic E-state index is 5.77. The van der Waals surface area contributed by atoms with Crippen molar-refractivity contribution in [3.63, 3.8) is 0 Å². The maximum Gasteiger partial charge on any atom is 0.187 e. The Morgan fingerprint density at radius 1 is 1.23 bits per heavy atom. The summed E-state index contributed by atoms with van der Waals surface area (Å²) in [6.07, 6.45) is 1.31. The summed E-state index contributed by atoms with van der Waals surface area (Å²) in [6.45, 7) is 8.17. The minimum atomic E-state index is -0.470. The van der Waals surface area contributed by atoms with Crippen LogP contribution in [0.2, 0.25) is 0 Å². The third kappa shape index (κ3) is 1.49. The fraction of sp³-hybridized carbons (Fsp3) is 1.00. The summed E-state index contributed by atoms with van der Waals surface area (Å²) in [5.41, 5.74) is 0. The van der Waals surface area contributed by atoms with Gasteiger partial charge in [0, 0.05) is 5.92 Å². The zero-order chi connectivity index (χ0) is 9.64. The lowest BCUT2D eigenvalue weighted by atomic mass is 9.99. The van der Waals surface area contributed by atoms with E-state index in [4.69, 9.17) is 14.2 Å². The second kappa shape index (κ2) is 2.94. The SMILES string of the molecule is CC[C@H]1O[C@@H]2OC(C)(C)O[C@H]2C1C. The molecule has 76 valence electrons. The van der Waals surface area contributed by atoms with E-state index in [9.17, 15) is 0 Å². The molecule has 2 saturated heterocycles. The number of fused-ring (bicyclic) bond motifs is 1. The monoisotopic (exact) mass is 186 g/mol. The van der Waals surface area contributed by atoms with Crippen LogP contribution in [0.4, 0.5) is 0 Å². The lowest BCUT2D eigenvalue weighted by Crippen LogP contribution is -2.28. The molecule has 3 nitrogen and oxygen atoms in total. The molecule has 0 aliphatic carbocycles. The second-order valence-corrected chi connectivity index (χ2v) is 4.41. The van der Waals surface area contributed by atoms with Gasteiger partial charge in [-0.1, -0.05) is 13.8 Å². The summed E-state index contributed by atoms with van der Waals surface area (Å²) in [5, 5.41) is 0. The molecule has 0 aromatic heterocycles. The van der Waals surface area contributed by atoms with Crippen molar-refractivity contribution in [3.8, 4) is 0 Å². The number of rotatable bonds is 1. The van der Waals surface area contributed by atoms with Gasteiger partial charge in [-0.15, -0.1) is 0 Å². The van der Waals surface area contributed by atoms with E-state index in [1.807, 2.05) is 13.8 Å². The van der Waals surface area contributed by atoms with Gasteiger partial charge in [-0.3, -0.25) is 0 Å². The highest BCUT2D eigenvalue weighted by atomic mass is 16.8. The zero-order valence-corrected chi connectivity index (χ0v) is 8.74. The molecule has 2 aliphatic heterocycles. The molecule has 3 heteroatoms. The largest absolute Gasteiger partial charge is 0.346 e. The molecular formula is C10H18O3. The predicted octanol–water partition coefficient (Wildman–Crippen LogP) is 1.91. The first-order valence-electron chi connectivity index (χ1n) is 5.04. The average molecular weight is 186 g/mol. The first-order valence-corrected chi connectivity index (χ1v) is 5.04. The van der Waals surface area contributed by atoms with Gasteiger partial charge in [0.25, 0.3) is 0 Å². The molecule has 0 aromatic rings. The van der Waals surface area contributed by atoms with Crippen LogP contribution in [0.3, 0.4) is 0 Å². The van der Waals surface area contributed by atoms with Crippen LogP contribution in [0.5, 0.6) is 0 Å². The van der Waals surface area contributed by atoms with Gasteiger partial charge >= 0.3 is 0 Å². The minimum Gasteiger partial charge on any atom is -0.346 e. The van der Waals surface area contributed by atoms with Gasteiger partial charge in [0.15, 0.2) is 12.1 Å². The first kappa shape index (κ1) is 9.44. The molecule has 13 heavy (non-hydrogen) atoms. The number of hydrogen-bond acceptors (Lipinski definition) is 3. The predicted molar refractivity (Wildman–Crippen MR) is 48.2 cm³/mol. The summed E-state index contributed by atoms with van der Waals surface area (Å²) < 4.78 is 17.1. The molecule has 4 atom stereocenters. The quantitative estimate of drug-likeness (QED) is 0.626. The third-order valence-electron chi connectivity index (χ3n) is 2.90. The van der Waals surface area contributed by atoms with Crippen LogP contribution in [0.25, 0.3) is 0 Å². The Balaban J connectivity index is 2.07. The third-order valence-corrected chi connectivity index (χ3v) is 2.90. The highest BCUT2D eigenvalue weighted by Gasteiger charge is 2.52. The first-order chi connectivity index (χ1) is 6.03. The van der Waals surface area contributed by atoms with Gasteiger partial charge in [-0.25, -0.2) is 0 Å². The second-order valence-electron chi connectivity index (χ2n) is 4.41. The zero-order valence-electron chi connectivity index (χ0n) is 8.74. The van der Waals surface area contributed by atoms with E-state index in [2.05, 4.69) is 13.8 Å². The van der Waals surface area contributed by atoms with Crippen LogP contribution >= 0.6 is 0 Å². The van der Waals surface area contributed by atoms with Crippen molar-refractivity contribution >= 4 is 0 Å². The van der Waals surface area contributed by atoms with Crippen LogP contribution in [-0.2, 0) is 14.2 Å². The topological polar surface area (TPSA) is 27.7 Å². The van der Waals surface area contributed by atoms with Crippen LogP contribution in [0.15, 0.2) is 0 Å². The Morgan fingerprint density at radius 3 is 2.46 bits per heavy atom. The highest BCUT2D eigenvalue weighted by Crippen LogP contribution is 2.41. The minimum absolute atomic E-state index is 0.125. The van der Waals surface area contributed by atoms with E-state index in [1.165, 1.54) is 0 Å². The molecule has 0 saturated carbocycles. The number of hydrogen-bond donors (Lipinski definition) is 0.